The first-order valence-electron chi connectivity index (χ1n) is 7.30. The predicted molar refractivity (Wildman–Crippen MR) is 74.6 cm³/mol. The molecule has 102 valence electrons. The quantitative estimate of drug-likeness (QED) is 0.748. The molecule has 2 heterocycles. The van der Waals surface area contributed by atoms with Gasteiger partial charge in [-0.1, -0.05) is 6.92 Å². The van der Waals surface area contributed by atoms with E-state index in [2.05, 4.69) is 26.7 Å². The average molecular weight is 250 g/mol. The molecule has 4 nitrogen and oxygen atoms in total. The Morgan fingerprint density at radius 2 is 2.22 bits per heavy atom. The fourth-order valence-electron chi connectivity index (χ4n) is 2.76. The number of likely N-dealkylation sites (tertiary alicyclic amines) is 1. The van der Waals surface area contributed by atoms with Gasteiger partial charge in [-0.3, -0.25) is 0 Å². The fraction of sp³-hybridized carbons (Fsp3) is 0.786. The Kier molecular flexibility index (Phi) is 5.68. The Hall–Kier alpha value is -0.870. The van der Waals surface area contributed by atoms with Crippen molar-refractivity contribution < 1.29 is 0 Å². The number of rotatable bonds is 7. The first-order chi connectivity index (χ1) is 8.88. The second kappa shape index (κ2) is 7.54. The molecule has 1 aromatic heterocycles. The molecule has 0 aliphatic carbocycles. The van der Waals surface area contributed by atoms with Gasteiger partial charge in [-0.05, 0) is 45.3 Å². The molecule has 1 fully saturated rings. The first kappa shape index (κ1) is 13.6. The summed E-state index contributed by atoms with van der Waals surface area (Å²) in [6, 6.07) is 0.720. The van der Waals surface area contributed by atoms with Crippen molar-refractivity contribution in [1.29, 1.82) is 0 Å². The smallest absolute Gasteiger partial charge is 0.0945 e. The molecule has 0 saturated carbocycles. The van der Waals surface area contributed by atoms with Crippen molar-refractivity contribution in [2.45, 2.75) is 45.2 Å². The van der Waals surface area contributed by atoms with Crippen molar-refractivity contribution in [2.24, 2.45) is 0 Å². The summed E-state index contributed by atoms with van der Waals surface area (Å²) in [6.07, 6.45) is 11.0. The highest BCUT2D eigenvalue weighted by molar-refractivity contribution is 4.78. The fourth-order valence-corrected chi connectivity index (χ4v) is 2.76. The summed E-state index contributed by atoms with van der Waals surface area (Å²) in [5.41, 5.74) is 0. The van der Waals surface area contributed by atoms with Crippen molar-refractivity contribution in [1.82, 2.24) is 19.8 Å². The normalized spacial score (nSPS) is 21.3. The lowest BCUT2D eigenvalue weighted by atomic mass is 10.1. The van der Waals surface area contributed by atoms with E-state index < -0.39 is 0 Å². The van der Waals surface area contributed by atoms with E-state index in [0.717, 1.165) is 19.1 Å². The third-order valence-electron chi connectivity index (χ3n) is 3.70. The minimum atomic E-state index is 0.720. The van der Waals surface area contributed by atoms with Crippen molar-refractivity contribution in [3.63, 3.8) is 0 Å². The van der Waals surface area contributed by atoms with Gasteiger partial charge in [-0.2, -0.15) is 0 Å². The van der Waals surface area contributed by atoms with Gasteiger partial charge in [0.1, 0.15) is 0 Å². The molecule has 0 aromatic carbocycles. The van der Waals surface area contributed by atoms with Crippen LogP contribution < -0.4 is 5.32 Å². The van der Waals surface area contributed by atoms with Crippen molar-refractivity contribution >= 4 is 0 Å². The van der Waals surface area contributed by atoms with Gasteiger partial charge >= 0.3 is 0 Å². The van der Waals surface area contributed by atoms with E-state index in [1.54, 1.807) is 0 Å². The minimum Gasteiger partial charge on any atom is -0.337 e. The highest BCUT2D eigenvalue weighted by Crippen LogP contribution is 2.11. The van der Waals surface area contributed by atoms with Gasteiger partial charge in [0, 0.05) is 31.5 Å². The number of likely N-dealkylation sites (N-methyl/N-ethyl adjacent to an activating group) is 1. The molecule has 2 rings (SSSR count). The van der Waals surface area contributed by atoms with Gasteiger partial charge in [0.25, 0.3) is 0 Å². The zero-order chi connectivity index (χ0) is 12.6. The molecule has 1 aliphatic rings. The Morgan fingerprint density at radius 1 is 1.33 bits per heavy atom. The van der Waals surface area contributed by atoms with Crippen LogP contribution in [0.3, 0.4) is 0 Å². The van der Waals surface area contributed by atoms with Crippen LogP contribution in [0.15, 0.2) is 18.7 Å². The molecule has 4 heteroatoms. The molecular formula is C14H26N4. The third-order valence-corrected chi connectivity index (χ3v) is 3.70. The van der Waals surface area contributed by atoms with Crippen LogP contribution in [0.4, 0.5) is 0 Å². The van der Waals surface area contributed by atoms with E-state index >= 15 is 0 Å². The summed E-state index contributed by atoms with van der Waals surface area (Å²) in [7, 11) is 0. The van der Waals surface area contributed by atoms with Gasteiger partial charge in [0.2, 0.25) is 0 Å². The van der Waals surface area contributed by atoms with Gasteiger partial charge in [0.05, 0.1) is 6.33 Å². The molecule has 0 amide bonds. The maximum atomic E-state index is 4.07. The molecule has 1 aliphatic heterocycles. The van der Waals surface area contributed by atoms with E-state index in [0.29, 0.717) is 0 Å². The summed E-state index contributed by atoms with van der Waals surface area (Å²) in [6.45, 7) is 8.16. The number of hydrogen-bond acceptors (Lipinski definition) is 3. The van der Waals surface area contributed by atoms with Gasteiger partial charge < -0.3 is 14.8 Å². The lowest BCUT2D eigenvalue weighted by molar-refractivity contribution is 0.188. The number of aromatic nitrogens is 2. The number of hydrogen-bond donors (Lipinski definition) is 1. The number of aryl methyl sites for hydroxylation is 1. The average Bonchev–Trinajstić information content (AvgIpc) is 2.89. The summed E-state index contributed by atoms with van der Waals surface area (Å²) < 4.78 is 2.16. The van der Waals surface area contributed by atoms with Crippen LogP contribution in [-0.4, -0.2) is 46.7 Å². The summed E-state index contributed by atoms with van der Waals surface area (Å²) >= 11 is 0. The van der Waals surface area contributed by atoms with Crippen LogP contribution >= 0.6 is 0 Å². The number of piperidine rings is 1. The SMILES string of the molecule is CCNC1CCCN(CCCCn2ccnc2)C1. The van der Waals surface area contributed by atoms with E-state index in [-0.39, 0.29) is 0 Å². The molecule has 1 aromatic rings. The largest absolute Gasteiger partial charge is 0.337 e. The second-order valence-corrected chi connectivity index (χ2v) is 5.21. The Bertz CT molecular complexity index is 308. The maximum Gasteiger partial charge on any atom is 0.0945 e. The number of imidazole rings is 1. The van der Waals surface area contributed by atoms with Crippen LogP contribution in [0.25, 0.3) is 0 Å². The molecule has 18 heavy (non-hydrogen) atoms. The van der Waals surface area contributed by atoms with E-state index in [4.69, 9.17) is 0 Å². The van der Waals surface area contributed by atoms with E-state index in [1.807, 2.05) is 18.7 Å². The monoisotopic (exact) mass is 250 g/mol. The molecule has 1 saturated heterocycles. The molecule has 0 spiro atoms. The minimum absolute atomic E-state index is 0.720. The zero-order valence-electron chi connectivity index (χ0n) is 11.5. The molecule has 1 atom stereocenters. The Morgan fingerprint density at radius 3 is 3.00 bits per heavy atom. The number of nitrogens with one attached hydrogen (secondary N) is 1. The molecule has 0 bridgehead atoms. The van der Waals surface area contributed by atoms with Crippen molar-refractivity contribution in [3.8, 4) is 0 Å². The van der Waals surface area contributed by atoms with Crippen LogP contribution in [-0.2, 0) is 6.54 Å². The van der Waals surface area contributed by atoms with Gasteiger partial charge in [-0.15, -0.1) is 0 Å². The lowest BCUT2D eigenvalue weighted by Gasteiger charge is -2.33. The first-order valence-corrected chi connectivity index (χ1v) is 7.30. The Labute approximate surface area is 110 Å². The second-order valence-electron chi connectivity index (χ2n) is 5.21. The molecule has 1 unspecified atom stereocenters. The maximum absolute atomic E-state index is 4.07. The number of nitrogens with zero attached hydrogens (tertiary/aromatic N) is 3. The highest BCUT2D eigenvalue weighted by Gasteiger charge is 2.17. The highest BCUT2D eigenvalue weighted by atomic mass is 15.2. The topological polar surface area (TPSA) is 33.1 Å². The lowest BCUT2D eigenvalue weighted by Crippen LogP contribution is -2.45. The van der Waals surface area contributed by atoms with Gasteiger partial charge in [-0.25, -0.2) is 4.98 Å². The molecule has 0 radical (unpaired) electrons. The van der Waals surface area contributed by atoms with Crippen LogP contribution in [0.2, 0.25) is 0 Å². The third kappa shape index (κ3) is 4.42. The standard InChI is InChI=1S/C14H26N4/c1-2-16-14-6-5-10-17(12-14)8-3-4-9-18-11-7-15-13-18/h7,11,13-14,16H,2-6,8-10,12H2,1H3. The van der Waals surface area contributed by atoms with Crippen molar-refractivity contribution in [3.05, 3.63) is 18.7 Å². The van der Waals surface area contributed by atoms with E-state index in [1.165, 1.54) is 45.3 Å². The summed E-state index contributed by atoms with van der Waals surface area (Å²) in [5, 5.41) is 3.57. The van der Waals surface area contributed by atoms with E-state index in [9.17, 15) is 0 Å². The Balaban J connectivity index is 1.58. The van der Waals surface area contributed by atoms with Gasteiger partial charge in [0.15, 0.2) is 0 Å². The van der Waals surface area contributed by atoms with Crippen molar-refractivity contribution in [2.75, 3.05) is 26.2 Å². The van der Waals surface area contributed by atoms with Crippen LogP contribution in [0, 0.1) is 0 Å². The predicted octanol–water partition coefficient (Wildman–Crippen LogP) is 1.74. The summed E-state index contributed by atoms with van der Waals surface area (Å²) in [5.74, 6) is 0. The molecule has 1 N–H and O–H groups in total. The zero-order valence-corrected chi connectivity index (χ0v) is 11.5. The molecular weight excluding hydrogens is 224 g/mol. The van der Waals surface area contributed by atoms with Crippen LogP contribution in [0.5, 0.6) is 0 Å². The summed E-state index contributed by atoms with van der Waals surface area (Å²) in [4.78, 5) is 6.68. The number of unbranched alkanes of at least 4 members (excludes halogenated alkanes) is 1. The van der Waals surface area contributed by atoms with Crippen LogP contribution in [0.1, 0.15) is 32.6 Å².